The molecule has 1 aliphatic rings. The first kappa shape index (κ1) is 9.52. The summed E-state index contributed by atoms with van der Waals surface area (Å²) < 4.78 is 0. The molecule has 1 unspecified atom stereocenters. The Bertz CT molecular complexity index is 181. The van der Waals surface area contributed by atoms with E-state index in [4.69, 9.17) is 0 Å². The van der Waals surface area contributed by atoms with Crippen molar-refractivity contribution in [2.75, 3.05) is 13.6 Å². The van der Waals surface area contributed by atoms with Gasteiger partial charge < -0.3 is 4.90 Å². The van der Waals surface area contributed by atoms with Gasteiger partial charge in [-0.25, -0.2) is 0 Å². The molecule has 0 radical (unpaired) electrons. The molecule has 1 heterocycles. The Labute approximate surface area is 74.3 Å². The third kappa shape index (κ3) is 1.46. The van der Waals surface area contributed by atoms with Gasteiger partial charge in [0.25, 0.3) is 0 Å². The van der Waals surface area contributed by atoms with Gasteiger partial charge in [-0.15, -0.1) is 0 Å². The number of hydrogen-bond donors (Lipinski definition) is 0. The molecule has 1 aliphatic heterocycles. The normalized spacial score (nSPS) is 31.2. The van der Waals surface area contributed by atoms with E-state index >= 15 is 0 Å². The molecule has 3 nitrogen and oxygen atoms in total. The van der Waals surface area contributed by atoms with Crippen molar-refractivity contribution in [2.24, 2.45) is 0 Å². The number of rotatable bonds is 1. The van der Waals surface area contributed by atoms with Crippen LogP contribution in [0.4, 0.5) is 0 Å². The molecule has 2 atom stereocenters. The van der Waals surface area contributed by atoms with Crippen LogP contribution in [-0.2, 0) is 4.79 Å². The highest BCUT2D eigenvalue weighted by Gasteiger charge is 2.34. The van der Waals surface area contributed by atoms with Crippen LogP contribution in [0.5, 0.6) is 0 Å². The van der Waals surface area contributed by atoms with E-state index in [0.29, 0.717) is 12.2 Å². The van der Waals surface area contributed by atoms with E-state index < -0.39 is 0 Å². The smallest absolute Gasteiger partial charge is 0.220 e. The van der Waals surface area contributed by atoms with Crippen molar-refractivity contribution >= 4 is 5.91 Å². The Morgan fingerprint density at radius 3 is 2.50 bits per heavy atom. The van der Waals surface area contributed by atoms with Gasteiger partial charge in [-0.05, 0) is 20.4 Å². The zero-order valence-corrected chi connectivity index (χ0v) is 8.37. The van der Waals surface area contributed by atoms with E-state index in [0.717, 1.165) is 13.0 Å². The first-order valence-corrected chi connectivity index (χ1v) is 4.57. The summed E-state index contributed by atoms with van der Waals surface area (Å²) in [5, 5.41) is 0. The summed E-state index contributed by atoms with van der Waals surface area (Å²) in [7, 11) is 2.08. The molecule has 0 spiro atoms. The van der Waals surface area contributed by atoms with E-state index in [-0.39, 0.29) is 5.91 Å². The van der Waals surface area contributed by atoms with Crippen LogP contribution in [0.15, 0.2) is 0 Å². The summed E-state index contributed by atoms with van der Waals surface area (Å²) in [6, 6.07) is 0.373. The molecule has 0 aromatic rings. The van der Waals surface area contributed by atoms with Gasteiger partial charge in [-0.3, -0.25) is 9.69 Å². The number of carbonyl (C=O) groups excluding carboxylic acids is 1. The highest BCUT2D eigenvalue weighted by Crippen LogP contribution is 2.20. The maximum Gasteiger partial charge on any atom is 0.220 e. The van der Waals surface area contributed by atoms with Crippen LogP contribution >= 0.6 is 0 Å². The number of hydrogen-bond acceptors (Lipinski definition) is 2. The molecule has 0 saturated carbocycles. The van der Waals surface area contributed by atoms with Crippen LogP contribution in [0, 0.1) is 0 Å². The average molecular weight is 170 g/mol. The SMILES string of the molecule is CCC1N(C)C[C@H](C)N1C(C)=O. The van der Waals surface area contributed by atoms with Gasteiger partial charge in [0.15, 0.2) is 0 Å². The van der Waals surface area contributed by atoms with Gasteiger partial charge in [-0.1, -0.05) is 6.92 Å². The summed E-state index contributed by atoms with van der Waals surface area (Å²) in [5.74, 6) is 0.193. The monoisotopic (exact) mass is 170 g/mol. The van der Waals surface area contributed by atoms with Crippen molar-refractivity contribution < 1.29 is 4.79 Å². The quantitative estimate of drug-likeness (QED) is 0.584. The highest BCUT2D eigenvalue weighted by atomic mass is 16.2. The molecule has 1 saturated heterocycles. The van der Waals surface area contributed by atoms with Crippen LogP contribution in [0.2, 0.25) is 0 Å². The molecule has 0 bridgehead atoms. The van der Waals surface area contributed by atoms with Gasteiger partial charge in [0.2, 0.25) is 5.91 Å². The van der Waals surface area contributed by atoms with Crippen LogP contribution < -0.4 is 0 Å². The summed E-state index contributed by atoms with van der Waals surface area (Å²) in [4.78, 5) is 15.5. The first-order chi connectivity index (χ1) is 5.57. The molecule has 70 valence electrons. The fraction of sp³-hybridized carbons (Fsp3) is 0.889. The van der Waals surface area contributed by atoms with E-state index in [2.05, 4.69) is 25.8 Å². The van der Waals surface area contributed by atoms with E-state index in [9.17, 15) is 4.79 Å². The molecule has 1 rings (SSSR count). The van der Waals surface area contributed by atoms with Gasteiger partial charge in [-0.2, -0.15) is 0 Å². The lowest BCUT2D eigenvalue weighted by Crippen LogP contribution is -2.41. The van der Waals surface area contributed by atoms with Crippen molar-refractivity contribution in [1.82, 2.24) is 9.80 Å². The average Bonchev–Trinajstić information content (AvgIpc) is 2.24. The molecule has 0 aliphatic carbocycles. The van der Waals surface area contributed by atoms with Crippen molar-refractivity contribution in [3.8, 4) is 0 Å². The zero-order valence-electron chi connectivity index (χ0n) is 8.37. The lowest BCUT2D eigenvalue weighted by Gasteiger charge is -2.27. The topological polar surface area (TPSA) is 23.6 Å². The Balaban J connectivity index is 2.75. The van der Waals surface area contributed by atoms with Crippen molar-refractivity contribution in [2.45, 2.75) is 39.4 Å². The molecular weight excluding hydrogens is 152 g/mol. The summed E-state index contributed by atoms with van der Waals surface area (Å²) >= 11 is 0. The Morgan fingerprint density at radius 1 is 1.58 bits per heavy atom. The van der Waals surface area contributed by atoms with E-state index in [1.807, 2.05) is 4.90 Å². The van der Waals surface area contributed by atoms with E-state index in [1.54, 1.807) is 6.92 Å². The second kappa shape index (κ2) is 3.44. The van der Waals surface area contributed by atoms with Crippen LogP contribution in [0.3, 0.4) is 0 Å². The molecule has 12 heavy (non-hydrogen) atoms. The second-order valence-electron chi connectivity index (χ2n) is 3.60. The summed E-state index contributed by atoms with van der Waals surface area (Å²) in [6.07, 6.45) is 1.33. The van der Waals surface area contributed by atoms with Gasteiger partial charge in [0, 0.05) is 19.5 Å². The third-order valence-corrected chi connectivity index (χ3v) is 2.59. The minimum absolute atomic E-state index is 0.193. The lowest BCUT2D eigenvalue weighted by atomic mass is 10.3. The van der Waals surface area contributed by atoms with Gasteiger partial charge in [0.05, 0.1) is 6.17 Å². The number of carbonyl (C=O) groups is 1. The Kier molecular flexibility index (Phi) is 2.73. The van der Waals surface area contributed by atoms with E-state index in [1.165, 1.54) is 0 Å². The molecule has 1 amide bonds. The molecule has 1 fully saturated rings. The van der Waals surface area contributed by atoms with Crippen LogP contribution in [0.25, 0.3) is 0 Å². The van der Waals surface area contributed by atoms with Crippen molar-refractivity contribution in [1.29, 1.82) is 0 Å². The largest absolute Gasteiger partial charge is 0.323 e. The van der Waals surface area contributed by atoms with Gasteiger partial charge >= 0.3 is 0 Å². The van der Waals surface area contributed by atoms with Gasteiger partial charge in [0.1, 0.15) is 0 Å². The standard InChI is InChI=1S/C9H18N2O/c1-5-9-10(4)6-7(2)11(9)8(3)12/h7,9H,5-6H2,1-4H3/t7-,9?/m0/s1. The van der Waals surface area contributed by atoms with Crippen LogP contribution in [0.1, 0.15) is 27.2 Å². The molecule has 0 aromatic heterocycles. The Hall–Kier alpha value is -0.570. The van der Waals surface area contributed by atoms with Crippen LogP contribution in [-0.4, -0.2) is 41.5 Å². The summed E-state index contributed by atoms with van der Waals surface area (Å²) in [5.41, 5.74) is 0. The minimum atomic E-state index is 0.193. The maximum absolute atomic E-state index is 11.3. The maximum atomic E-state index is 11.3. The fourth-order valence-corrected chi connectivity index (χ4v) is 2.16. The minimum Gasteiger partial charge on any atom is -0.323 e. The molecule has 3 heteroatoms. The predicted molar refractivity (Wildman–Crippen MR) is 48.7 cm³/mol. The molecular formula is C9H18N2O. The lowest BCUT2D eigenvalue weighted by molar-refractivity contribution is -0.132. The molecule has 0 aromatic carbocycles. The number of amides is 1. The highest BCUT2D eigenvalue weighted by molar-refractivity contribution is 5.74. The van der Waals surface area contributed by atoms with Crippen molar-refractivity contribution in [3.63, 3.8) is 0 Å². The number of nitrogens with zero attached hydrogens (tertiary/aromatic N) is 2. The van der Waals surface area contributed by atoms with Crippen molar-refractivity contribution in [3.05, 3.63) is 0 Å². The molecule has 0 N–H and O–H groups in total. The Morgan fingerprint density at radius 2 is 2.17 bits per heavy atom. The summed E-state index contributed by atoms with van der Waals surface area (Å²) in [6.45, 7) is 6.87. The fourth-order valence-electron chi connectivity index (χ4n) is 2.16. The zero-order chi connectivity index (χ0) is 9.30. The predicted octanol–water partition coefficient (Wildman–Crippen LogP) is 0.905. The number of likely N-dealkylation sites (N-methyl/N-ethyl adjacent to an activating group) is 1. The second-order valence-corrected chi connectivity index (χ2v) is 3.60. The first-order valence-electron chi connectivity index (χ1n) is 4.57. The third-order valence-electron chi connectivity index (χ3n) is 2.59.